The van der Waals surface area contributed by atoms with Crippen molar-refractivity contribution in [3.8, 4) is 0 Å². The lowest BCUT2D eigenvalue weighted by molar-refractivity contribution is -0.387. The van der Waals surface area contributed by atoms with Crippen molar-refractivity contribution in [2.45, 2.75) is 4.90 Å². The van der Waals surface area contributed by atoms with Gasteiger partial charge in [-0.25, -0.2) is 8.42 Å². The fraction of sp³-hybridized carbons (Fsp3) is 0. The van der Waals surface area contributed by atoms with Crippen molar-refractivity contribution >= 4 is 32.8 Å². The minimum Gasteiger partial charge on any atom is -0.356 e. The Morgan fingerprint density at radius 2 is 1.27 bits per heavy atom. The Morgan fingerprint density at radius 1 is 0.731 bits per heavy atom. The lowest BCUT2D eigenvalue weighted by Gasteiger charge is -2.10. The summed E-state index contributed by atoms with van der Waals surface area (Å²) in [6.07, 6.45) is 0. The van der Waals surface area contributed by atoms with E-state index in [-0.39, 0.29) is 4.90 Å². The average Bonchev–Trinajstić information content (AvgIpc) is 2.64. The van der Waals surface area contributed by atoms with E-state index in [0.29, 0.717) is 5.69 Å². The fourth-order valence-electron chi connectivity index (χ4n) is 2.36. The zero-order valence-electron chi connectivity index (χ0n) is 13.5. The summed E-state index contributed by atoms with van der Waals surface area (Å²) in [7, 11) is -4.07. The van der Waals surface area contributed by atoms with Gasteiger partial charge in [-0.2, -0.15) is 0 Å². The number of benzene rings is 3. The van der Waals surface area contributed by atoms with Crippen molar-refractivity contribution in [1.29, 1.82) is 0 Å². The van der Waals surface area contributed by atoms with Crippen LogP contribution >= 0.6 is 0 Å². The molecule has 7 nitrogen and oxygen atoms in total. The van der Waals surface area contributed by atoms with Crippen molar-refractivity contribution in [1.82, 2.24) is 0 Å². The van der Waals surface area contributed by atoms with Crippen LogP contribution in [0.2, 0.25) is 0 Å². The van der Waals surface area contributed by atoms with E-state index in [4.69, 9.17) is 0 Å². The molecule has 0 atom stereocenters. The molecule has 0 aliphatic heterocycles. The molecule has 0 aromatic heterocycles. The minimum atomic E-state index is -4.07. The summed E-state index contributed by atoms with van der Waals surface area (Å²) < 4.78 is 27.3. The van der Waals surface area contributed by atoms with Crippen LogP contribution in [0.3, 0.4) is 0 Å². The second-order valence-corrected chi connectivity index (χ2v) is 7.05. The molecule has 132 valence electrons. The van der Waals surface area contributed by atoms with Gasteiger partial charge in [0.15, 0.2) is 4.90 Å². The van der Waals surface area contributed by atoms with Crippen LogP contribution in [0.25, 0.3) is 0 Å². The molecule has 3 rings (SSSR count). The number of nitrogens with one attached hydrogen (secondary N) is 2. The first-order chi connectivity index (χ1) is 12.5. The Balaban J connectivity index is 1.79. The van der Waals surface area contributed by atoms with Crippen molar-refractivity contribution in [2.75, 3.05) is 10.0 Å². The molecule has 0 bridgehead atoms. The molecule has 26 heavy (non-hydrogen) atoms. The lowest BCUT2D eigenvalue weighted by atomic mass is 10.2. The van der Waals surface area contributed by atoms with Gasteiger partial charge in [0, 0.05) is 23.1 Å². The smallest absolute Gasteiger partial charge is 0.289 e. The molecule has 3 aromatic carbocycles. The van der Waals surface area contributed by atoms with Crippen LogP contribution in [0.5, 0.6) is 0 Å². The highest BCUT2D eigenvalue weighted by Gasteiger charge is 2.25. The van der Waals surface area contributed by atoms with E-state index in [1.54, 1.807) is 24.3 Å². The Labute approximate surface area is 150 Å². The predicted molar refractivity (Wildman–Crippen MR) is 100 cm³/mol. The van der Waals surface area contributed by atoms with Gasteiger partial charge in [-0.05, 0) is 42.5 Å². The molecule has 0 aliphatic carbocycles. The van der Waals surface area contributed by atoms with Crippen LogP contribution in [0.15, 0.2) is 83.8 Å². The van der Waals surface area contributed by atoms with Gasteiger partial charge in [0.2, 0.25) is 0 Å². The van der Waals surface area contributed by atoms with Gasteiger partial charge in [-0.3, -0.25) is 14.8 Å². The third-order valence-corrected chi connectivity index (χ3v) is 4.98. The molecular formula is C18H15N3O4S. The van der Waals surface area contributed by atoms with Crippen LogP contribution < -0.4 is 10.0 Å². The first-order valence-corrected chi connectivity index (χ1v) is 9.12. The van der Waals surface area contributed by atoms with E-state index in [2.05, 4.69) is 10.0 Å². The molecule has 0 saturated heterocycles. The van der Waals surface area contributed by atoms with Gasteiger partial charge < -0.3 is 5.32 Å². The van der Waals surface area contributed by atoms with E-state index < -0.39 is 20.6 Å². The van der Waals surface area contributed by atoms with Crippen LogP contribution in [-0.2, 0) is 10.0 Å². The van der Waals surface area contributed by atoms with E-state index in [1.165, 1.54) is 18.2 Å². The summed E-state index contributed by atoms with van der Waals surface area (Å²) in [5, 5.41) is 14.2. The third-order valence-electron chi connectivity index (χ3n) is 3.55. The number of nitrogens with zero attached hydrogens (tertiary/aromatic N) is 1. The maximum atomic E-state index is 12.5. The highest BCUT2D eigenvalue weighted by atomic mass is 32.2. The maximum absolute atomic E-state index is 12.5. The zero-order chi connectivity index (χ0) is 18.6. The van der Waals surface area contributed by atoms with E-state index >= 15 is 0 Å². The summed E-state index contributed by atoms with van der Waals surface area (Å²) >= 11 is 0. The minimum absolute atomic E-state index is 0.307. The quantitative estimate of drug-likeness (QED) is 0.502. The number of nitro groups is 1. The first kappa shape index (κ1) is 17.4. The van der Waals surface area contributed by atoms with Gasteiger partial charge in [0.25, 0.3) is 15.7 Å². The number of para-hydroxylation sites is 2. The topological polar surface area (TPSA) is 101 Å². The van der Waals surface area contributed by atoms with Crippen molar-refractivity contribution < 1.29 is 13.3 Å². The fourth-order valence-corrected chi connectivity index (χ4v) is 3.59. The molecule has 0 fully saturated rings. The van der Waals surface area contributed by atoms with Crippen LogP contribution in [0.4, 0.5) is 22.7 Å². The van der Waals surface area contributed by atoms with Gasteiger partial charge in [-0.15, -0.1) is 0 Å². The summed E-state index contributed by atoms with van der Waals surface area (Å²) in [5.41, 5.74) is 1.52. The monoisotopic (exact) mass is 369 g/mol. The highest BCUT2D eigenvalue weighted by Crippen LogP contribution is 2.26. The Kier molecular flexibility index (Phi) is 4.85. The second-order valence-electron chi connectivity index (χ2n) is 5.40. The molecule has 0 aliphatic rings. The molecule has 0 heterocycles. The van der Waals surface area contributed by atoms with Gasteiger partial charge in [0.1, 0.15) is 0 Å². The van der Waals surface area contributed by atoms with Crippen molar-refractivity contribution in [2.24, 2.45) is 0 Å². The van der Waals surface area contributed by atoms with Gasteiger partial charge in [-0.1, -0.05) is 30.3 Å². The molecule has 3 aromatic rings. The number of sulfonamides is 1. The Hall–Kier alpha value is -3.39. The van der Waals surface area contributed by atoms with Crippen molar-refractivity contribution in [3.05, 3.63) is 89.0 Å². The van der Waals surface area contributed by atoms with Crippen LogP contribution in [0.1, 0.15) is 0 Å². The predicted octanol–water partition coefficient (Wildman–Crippen LogP) is 4.14. The number of nitro benzene ring substituents is 1. The summed E-state index contributed by atoms with van der Waals surface area (Å²) in [4.78, 5) is 9.95. The van der Waals surface area contributed by atoms with E-state index in [1.807, 2.05) is 30.3 Å². The molecule has 0 spiro atoms. The molecular weight excluding hydrogens is 354 g/mol. The molecule has 8 heteroatoms. The van der Waals surface area contributed by atoms with E-state index in [9.17, 15) is 18.5 Å². The zero-order valence-corrected chi connectivity index (χ0v) is 14.3. The van der Waals surface area contributed by atoms with Crippen LogP contribution in [0, 0.1) is 10.1 Å². The van der Waals surface area contributed by atoms with Gasteiger partial charge in [0.05, 0.1) is 4.92 Å². The summed E-state index contributed by atoms with van der Waals surface area (Å²) in [6, 6.07) is 21.3. The third kappa shape index (κ3) is 3.98. The number of rotatable bonds is 6. The largest absolute Gasteiger partial charge is 0.356 e. The summed E-state index contributed by atoms with van der Waals surface area (Å²) in [6.45, 7) is 0. The van der Waals surface area contributed by atoms with Crippen LogP contribution in [-0.4, -0.2) is 13.3 Å². The second kappa shape index (κ2) is 7.24. The number of anilines is 3. The number of hydrogen-bond acceptors (Lipinski definition) is 5. The standard InChI is InChI=1S/C18H15N3O4S/c22-21(23)17-8-4-5-9-18(17)26(24,25)20-16-12-10-15(11-13-16)19-14-6-2-1-3-7-14/h1-13,19-20H. The normalized spacial score (nSPS) is 10.9. The highest BCUT2D eigenvalue weighted by molar-refractivity contribution is 7.92. The molecule has 2 N–H and O–H groups in total. The van der Waals surface area contributed by atoms with Gasteiger partial charge >= 0.3 is 0 Å². The maximum Gasteiger partial charge on any atom is 0.289 e. The molecule has 0 radical (unpaired) electrons. The summed E-state index contributed by atoms with van der Waals surface area (Å²) in [5.74, 6) is 0. The SMILES string of the molecule is O=[N+]([O-])c1ccccc1S(=O)(=O)Nc1ccc(Nc2ccccc2)cc1. The average molecular weight is 369 g/mol. The first-order valence-electron chi connectivity index (χ1n) is 7.64. The molecule has 0 saturated carbocycles. The Morgan fingerprint density at radius 3 is 1.92 bits per heavy atom. The molecule has 0 amide bonds. The van der Waals surface area contributed by atoms with E-state index in [0.717, 1.165) is 17.4 Å². The lowest BCUT2D eigenvalue weighted by Crippen LogP contribution is -2.14. The Bertz CT molecular complexity index is 1020. The van der Waals surface area contributed by atoms with Crippen molar-refractivity contribution in [3.63, 3.8) is 0 Å². The number of hydrogen-bond donors (Lipinski definition) is 2. The molecule has 0 unspecified atom stereocenters.